The minimum atomic E-state index is -0.436. The average molecular weight is 481 g/mol. The van der Waals surface area contributed by atoms with Crippen LogP contribution in [0.3, 0.4) is 0 Å². The van der Waals surface area contributed by atoms with Crippen molar-refractivity contribution in [2.24, 2.45) is 5.92 Å². The summed E-state index contributed by atoms with van der Waals surface area (Å²) in [6, 6.07) is 0. The average Bonchev–Trinajstić information content (AvgIpc) is 2.52. The summed E-state index contributed by atoms with van der Waals surface area (Å²) in [5.41, 5.74) is -0.872. The smallest absolute Gasteiger partial charge is 0.318 e. The fourth-order valence-electron chi connectivity index (χ4n) is 4.20. The number of nitrogens with zero attached hydrogens (tertiary/aromatic N) is 1. The Balaban J connectivity index is 1.85. The summed E-state index contributed by atoms with van der Waals surface area (Å²) in [6.07, 6.45) is 3.75. The van der Waals surface area contributed by atoms with Gasteiger partial charge in [0.1, 0.15) is 16.1 Å². The van der Waals surface area contributed by atoms with E-state index in [1.54, 1.807) is 0 Å². The van der Waals surface area contributed by atoms with Gasteiger partial charge in [-0.25, -0.2) is 0 Å². The van der Waals surface area contributed by atoms with Gasteiger partial charge in [-0.15, -0.1) is 0 Å². The third kappa shape index (κ3) is 5.32. The molecule has 150 valence electrons. The summed E-state index contributed by atoms with van der Waals surface area (Å²) in [5, 5.41) is 11.7. The van der Waals surface area contributed by atoms with Gasteiger partial charge in [0, 0.05) is 23.9 Å². The molecule has 1 atom stereocenters. The zero-order valence-corrected chi connectivity index (χ0v) is 18.6. The van der Waals surface area contributed by atoms with Crippen LogP contribution in [0.5, 0.6) is 0 Å². The van der Waals surface area contributed by atoms with Crippen LogP contribution >= 0.6 is 22.6 Å². The fourth-order valence-corrected chi connectivity index (χ4v) is 4.34. The van der Waals surface area contributed by atoms with Crippen LogP contribution in [-0.4, -0.2) is 49.4 Å². The minimum Gasteiger partial charge on any atom is -0.462 e. The maximum absolute atomic E-state index is 12.6. The number of esters is 2. The molecule has 0 bridgehead atoms. The van der Waals surface area contributed by atoms with Crippen molar-refractivity contribution < 1.29 is 24.3 Å². The maximum atomic E-state index is 12.6. The summed E-state index contributed by atoms with van der Waals surface area (Å²) in [5.74, 6) is -0.461. The zero-order valence-electron chi connectivity index (χ0n) is 16.5. The number of hydrogen-bond donors (Lipinski definition) is 1. The normalized spacial score (nSPS) is 30.4. The molecule has 7 heteroatoms. The van der Waals surface area contributed by atoms with E-state index >= 15 is 0 Å². The second kappa shape index (κ2) is 8.31. The first-order valence-electron chi connectivity index (χ1n) is 9.46. The molecule has 26 heavy (non-hydrogen) atoms. The Kier molecular flexibility index (Phi) is 6.99. The molecular weight excluding hydrogens is 449 g/mol. The quantitative estimate of drug-likeness (QED) is 0.374. The van der Waals surface area contributed by atoms with Crippen LogP contribution in [0.25, 0.3) is 0 Å². The maximum Gasteiger partial charge on any atom is 0.318 e. The van der Waals surface area contributed by atoms with E-state index in [9.17, 15) is 14.8 Å². The van der Waals surface area contributed by atoms with E-state index in [2.05, 4.69) is 0 Å². The van der Waals surface area contributed by atoms with Crippen LogP contribution in [0.2, 0.25) is 0 Å². The Bertz CT molecular complexity index is 508. The molecule has 0 aromatic carbocycles. The van der Waals surface area contributed by atoms with Crippen LogP contribution in [0.4, 0.5) is 0 Å². The molecule has 1 aliphatic carbocycles. The Hall–Kier alpha value is -0.410. The van der Waals surface area contributed by atoms with Crippen LogP contribution in [0.1, 0.15) is 73.1 Å². The minimum absolute atomic E-state index is 0.0840. The number of alkyl halides is 1. The predicted molar refractivity (Wildman–Crippen MR) is 106 cm³/mol. The van der Waals surface area contributed by atoms with Gasteiger partial charge < -0.3 is 14.7 Å². The molecule has 0 amide bonds. The number of ether oxygens (including phenoxy) is 2. The van der Waals surface area contributed by atoms with E-state index in [1.165, 1.54) is 5.06 Å². The highest BCUT2D eigenvalue weighted by molar-refractivity contribution is 14.1. The lowest BCUT2D eigenvalue weighted by Gasteiger charge is -2.51. The number of piperidine rings is 1. The van der Waals surface area contributed by atoms with E-state index < -0.39 is 11.1 Å². The Morgan fingerprint density at radius 2 is 1.50 bits per heavy atom. The Morgan fingerprint density at radius 3 is 1.96 bits per heavy atom. The molecule has 1 unspecified atom stereocenters. The highest BCUT2D eigenvalue weighted by Crippen LogP contribution is 2.38. The molecule has 1 saturated carbocycles. The monoisotopic (exact) mass is 481 g/mol. The van der Waals surface area contributed by atoms with Crippen molar-refractivity contribution in [1.29, 1.82) is 0 Å². The van der Waals surface area contributed by atoms with Gasteiger partial charge in [0.2, 0.25) is 0 Å². The molecule has 1 saturated heterocycles. The lowest BCUT2D eigenvalue weighted by molar-refractivity contribution is -0.260. The van der Waals surface area contributed by atoms with E-state index in [4.69, 9.17) is 9.47 Å². The van der Waals surface area contributed by atoms with Crippen molar-refractivity contribution in [1.82, 2.24) is 5.06 Å². The highest BCUT2D eigenvalue weighted by Gasteiger charge is 2.46. The van der Waals surface area contributed by atoms with Gasteiger partial charge in [-0.2, -0.15) is 5.06 Å². The third-order valence-corrected chi connectivity index (χ3v) is 6.01. The zero-order chi connectivity index (χ0) is 19.7. The van der Waals surface area contributed by atoms with E-state index in [1.807, 2.05) is 57.2 Å². The molecule has 0 radical (unpaired) electrons. The highest BCUT2D eigenvalue weighted by atomic mass is 127. The lowest BCUT2D eigenvalue weighted by Crippen LogP contribution is -2.60. The number of hydrogen-bond acceptors (Lipinski definition) is 6. The predicted octanol–water partition coefficient (Wildman–Crippen LogP) is 3.87. The van der Waals surface area contributed by atoms with Gasteiger partial charge in [0.15, 0.2) is 0 Å². The lowest BCUT2D eigenvalue weighted by atomic mass is 9.80. The summed E-state index contributed by atoms with van der Waals surface area (Å²) in [7, 11) is 0. The van der Waals surface area contributed by atoms with Crippen molar-refractivity contribution in [2.45, 2.75) is 100 Å². The summed E-state index contributed by atoms with van der Waals surface area (Å²) < 4.78 is 11.1. The molecular formula is C19H32INO5. The van der Waals surface area contributed by atoms with Gasteiger partial charge in [0.05, 0.1) is 5.92 Å². The Labute approximate surface area is 170 Å². The second-order valence-corrected chi connectivity index (χ2v) is 10.8. The van der Waals surface area contributed by atoms with Crippen molar-refractivity contribution >= 4 is 34.5 Å². The van der Waals surface area contributed by atoms with Crippen molar-refractivity contribution in [3.05, 3.63) is 0 Å². The third-order valence-electron chi connectivity index (χ3n) is 5.50. The van der Waals surface area contributed by atoms with Gasteiger partial charge in [-0.1, -0.05) is 22.6 Å². The molecule has 2 fully saturated rings. The summed E-state index contributed by atoms with van der Waals surface area (Å²) >= 11 is 2.05. The molecule has 0 aromatic rings. The van der Waals surface area contributed by atoms with Gasteiger partial charge >= 0.3 is 11.9 Å². The first kappa shape index (κ1) is 21.9. The van der Waals surface area contributed by atoms with Crippen LogP contribution in [-0.2, 0) is 19.1 Å². The largest absolute Gasteiger partial charge is 0.462 e. The molecule has 0 aromatic heterocycles. The fraction of sp³-hybridized carbons (Fsp3) is 0.895. The molecule has 0 spiro atoms. The number of carbonyl (C=O) groups is 2. The number of halogens is 1. The van der Waals surface area contributed by atoms with Gasteiger partial charge in [-0.3, -0.25) is 9.59 Å². The van der Waals surface area contributed by atoms with Crippen molar-refractivity contribution in [2.75, 3.05) is 0 Å². The van der Waals surface area contributed by atoms with Crippen LogP contribution < -0.4 is 0 Å². The molecule has 1 aliphatic heterocycles. The molecule has 1 N–H and O–H groups in total. The topological polar surface area (TPSA) is 76.1 Å². The first-order chi connectivity index (χ1) is 11.9. The number of carbonyl (C=O) groups excluding carboxylic acids is 2. The van der Waals surface area contributed by atoms with Crippen LogP contribution in [0, 0.1) is 5.92 Å². The van der Waals surface area contributed by atoms with Crippen molar-refractivity contribution in [3.63, 3.8) is 0 Å². The summed E-state index contributed by atoms with van der Waals surface area (Å²) in [6.45, 7) is 9.65. The molecule has 2 aliphatic rings. The SMILES string of the molecule is CC(I)C(=O)OC1CCC(C(=O)OC2CC(C)(C)N(O)C(C)(C)C2)CC1. The van der Waals surface area contributed by atoms with Crippen molar-refractivity contribution in [3.8, 4) is 0 Å². The first-order valence-corrected chi connectivity index (χ1v) is 10.7. The molecule has 2 rings (SSSR count). The summed E-state index contributed by atoms with van der Waals surface area (Å²) in [4.78, 5) is 24.3. The van der Waals surface area contributed by atoms with Gasteiger partial charge in [0.25, 0.3) is 0 Å². The van der Waals surface area contributed by atoms with E-state index in [-0.39, 0.29) is 34.0 Å². The van der Waals surface area contributed by atoms with Crippen LogP contribution in [0.15, 0.2) is 0 Å². The number of hydroxylamine groups is 2. The molecule has 6 nitrogen and oxygen atoms in total. The number of rotatable bonds is 4. The molecule has 1 heterocycles. The standard InChI is InChI=1S/C19H32INO5/c1-12(20)16(22)25-14-8-6-13(7-9-14)17(23)26-15-10-18(2,3)21(24)19(4,5)11-15/h12-15,24H,6-11H2,1-5H3. The van der Waals surface area contributed by atoms with E-state index in [0.29, 0.717) is 38.5 Å². The van der Waals surface area contributed by atoms with E-state index in [0.717, 1.165) is 0 Å². The van der Waals surface area contributed by atoms with Gasteiger partial charge in [-0.05, 0) is 60.3 Å². The second-order valence-electron chi connectivity index (χ2n) is 8.93. The Morgan fingerprint density at radius 1 is 1.00 bits per heavy atom.